The Morgan fingerprint density at radius 3 is 2.46 bits per heavy atom. The molecule has 2 aromatic heterocycles. The van der Waals surface area contributed by atoms with Gasteiger partial charge in [-0.15, -0.1) is 0 Å². The fourth-order valence-electron chi connectivity index (χ4n) is 4.24. The molecule has 198 valence electrons. The Kier molecular flexibility index (Phi) is 6.75. The maximum Gasteiger partial charge on any atom is 0.263 e. The van der Waals surface area contributed by atoms with Crippen molar-refractivity contribution in [3.8, 4) is 28.3 Å². The van der Waals surface area contributed by atoms with Crippen LogP contribution in [0.3, 0.4) is 0 Å². The normalized spacial score (nSPS) is 11.4. The topological polar surface area (TPSA) is 112 Å². The van der Waals surface area contributed by atoms with Crippen LogP contribution < -0.4 is 19.8 Å². The van der Waals surface area contributed by atoms with Crippen LogP contribution in [0.2, 0.25) is 0 Å². The van der Waals surface area contributed by atoms with E-state index in [4.69, 9.17) is 9.47 Å². The fourth-order valence-corrected chi connectivity index (χ4v) is 5.27. The molecule has 0 unspecified atom stereocenters. The highest BCUT2D eigenvalue weighted by molar-refractivity contribution is 7.92. The van der Waals surface area contributed by atoms with Crippen molar-refractivity contribution < 1.29 is 22.3 Å². The van der Waals surface area contributed by atoms with Crippen molar-refractivity contribution in [2.45, 2.75) is 11.8 Å². The minimum absolute atomic E-state index is 0.00108. The summed E-state index contributed by atoms with van der Waals surface area (Å²) in [5.74, 6) is 0.853. The summed E-state index contributed by atoms with van der Waals surface area (Å²) >= 11 is 0. The molecular formula is C28H23FN4O5S. The summed E-state index contributed by atoms with van der Waals surface area (Å²) in [6.07, 6.45) is 1.46. The lowest BCUT2D eigenvalue weighted by Gasteiger charge is -2.16. The molecule has 0 aliphatic heterocycles. The van der Waals surface area contributed by atoms with Crippen molar-refractivity contribution in [1.29, 1.82) is 0 Å². The van der Waals surface area contributed by atoms with E-state index in [0.717, 1.165) is 0 Å². The summed E-state index contributed by atoms with van der Waals surface area (Å²) < 4.78 is 54.8. The Bertz CT molecular complexity index is 1890. The van der Waals surface area contributed by atoms with Crippen LogP contribution in [0.1, 0.15) is 5.82 Å². The van der Waals surface area contributed by atoms with Crippen molar-refractivity contribution in [3.05, 3.63) is 101 Å². The fraction of sp³-hybridized carbons (Fsp3) is 0.107. The number of sulfonamides is 1. The molecule has 5 aromatic rings. The van der Waals surface area contributed by atoms with Crippen molar-refractivity contribution in [2.24, 2.45) is 0 Å². The second kappa shape index (κ2) is 10.2. The number of anilines is 1. The van der Waals surface area contributed by atoms with Crippen molar-refractivity contribution in [1.82, 2.24) is 14.5 Å². The van der Waals surface area contributed by atoms with Crippen molar-refractivity contribution >= 4 is 26.7 Å². The summed E-state index contributed by atoms with van der Waals surface area (Å²) in [6.45, 7) is 1.66. The molecule has 1 N–H and O–H groups in total. The average molecular weight is 547 g/mol. The Balaban J connectivity index is 1.58. The van der Waals surface area contributed by atoms with E-state index < -0.39 is 15.8 Å². The number of hydrogen-bond donors (Lipinski definition) is 1. The van der Waals surface area contributed by atoms with Crippen molar-refractivity contribution in [3.63, 3.8) is 0 Å². The SMILES string of the molecule is COc1cc(F)cc(-c2ccc(-n3c(=O)ccc4cc(S(=O)(=O)Nc5ccnc(C)n5)ccc43)c(OC)c2)c1. The zero-order chi connectivity index (χ0) is 27.7. The van der Waals surface area contributed by atoms with Gasteiger partial charge in [0.15, 0.2) is 0 Å². The van der Waals surface area contributed by atoms with E-state index in [9.17, 15) is 17.6 Å². The van der Waals surface area contributed by atoms with E-state index in [2.05, 4.69) is 14.7 Å². The number of rotatable bonds is 7. The number of ether oxygens (including phenoxy) is 2. The number of methoxy groups -OCH3 is 2. The van der Waals surface area contributed by atoms with Gasteiger partial charge in [-0.05, 0) is 72.6 Å². The minimum atomic E-state index is -3.96. The van der Waals surface area contributed by atoms with Gasteiger partial charge in [-0.25, -0.2) is 22.8 Å². The molecule has 0 aliphatic rings. The number of nitrogens with one attached hydrogen (secondary N) is 1. The van der Waals surface area contributed by atoms with Gasteiger partial charge in [0.05, 0.1) is 30.3 Å². The van der Waals surface area contributed by atoms with Gasteiger partial charge in [-0.3, -0.25) is 14.1 Å². The van der Waals surface area contributed by atoms with Gasteiger partial charge in [0, 0.05) is 23.7 Å². The number of aromatic nitrogens is 3. The van der Waals surface area contributed by atoms with Crippen LogP contribution in [-0.2, 0) is 10.0 Å². The number of benzene rings is 3. The van der Waals surface area contributed by atoms with E-state index in [1.54, 1.807) is 43.3 Å². The molecule has 39 heavy (non-hydrogen) atoms. The second-order valence-corrected chi connectivity index (χ2v) is 10.3. The molecule has 0 aliphatic carbocycles. The molecule has 9 nitrogen and oxygen atoms in total. The van der Waals surface area contributed by atoms with Crippen LogP contribution in [0.25, 0.3) is 27.7 Å². The molecule has 0 amide bonds. The zero-order valence-electron chi connectivity index (χ0n) is 21.2. The average Bonchev–Trinajstić information content (AvgIpc) is 2.92. The minimum Gasteiger partial charge on any atom is -0.497 e. The highest BCUT2D eigenvalue weighted by Crippen LogP contribution is 2.33. The van der Waals surface area contributed by atoms with Crippen LogP contribution in [0.15, 0.2) is 88.7 Å². The molecule has 0 fully saturated rings. The lowest BCUT2D eigenvalue weighted by atomic mass is 10.0. The predicted octanol–water partition coefficient (Wildman–Crippen LogP) is 4.71. The summed E-state index contributed by atoms with van der Waals surface area (Å²) in [4.78, 5) is 21.1. The van der Waals surface area contributed by atoms with Gasteiger partial charge in [-0.2, -0.15) is 0 Å². The molecule has 0 saturated heterocycles. The largest absolute Gasteiger partial charge is 0.497 e. The van der Waals surface area contributed by atoms with Gasteiger partial charge in [-0.1, -0.05) is 6.07 Å². The van der Waals surface area contributed by atoms with Crippen LogP contribution >= 0.6 is 0 Å². The van der Waals surface area contributed by atoms with E-state index in [0.29, 0.717) is 45.0 Å². The number of nitrogens with zero attached hydrogens (tertiary/aromatic N) is 3. The van der Waals surface area contributed by atoms with Gasteiger partial charge < -0.3 is 9.47 Å². The van der Waals surface area contributed by atoms with E-state index in [1.165, 1.54) is 61.4 Å². The van der Waals surface area contributed by atoms with Crippen molar-refractivity contribution in [2.75, 3.05) is 18.9 Å². The van der Waals surface area contributed by atoms with E-state index >= 15 is 0 Å². The first-order valence-electron chi connectivity index (χ1n) is 11.7. The number of halogens is 1. The lowest BCUT2D eigenvalue weighted by molar-refractivity contribution is 0.411. The molecule has 5 rings (SSSR count). The molecule has 3 aromatic carbocycles. The van der Waals surface area contributed by atoms with Gasteiger partial charge in [0.1, 0.15) is 29.0 Å². The molecule has 0 saturated carbocycles. The smallest absolute Gasteiger partial charge is 0.263 e. The molecule has 0 bridgehead atoms. The van der Waals surface area contributed by atoms with Crippen LogP contribution in [0.5, 0.6) is 11.5 Å². The van der Waals surface area contributed by atoms with E-state index in [1.807, 2.05) is 0 Å². The number of aryl methyl sites for hydroxylation is 1. The first-order valence-corrected chi connectivity index (χ1v) is 13.2. The first-order chi connectivity index (χ1) is 18.7. The molecule has 0 radical (unpaired) electrons. The summed E-state index contributed by atoms with van der Waals surface area (Å²) in [5, 5.41) is 0.511. The number of pyridine rings is 1. The third-order valence-corrected chi connectivity index (χ3v) is 7.40. The standard InChI is InChI=1S/C28H23FN4O5S/c1-17-30-11-10-27(31-17)32-39(35,36)23-6-8-24-19(14-23)5-9-28(34)33(24)25-7-4-18(15-26(25)38-3)20-12-21(29)16-22(13-20)37-2/h4-16H,1-3H3,(H,30,31,32). The summed E-state index contributed by atoms with van der Waals surface area (Å²) in [6, 6.07) is 18.3. The monoisotopic (exact) mass is 546 g/mol. The Morgan fingerprint density at radius 1 is 0.897 bits per heavy atom. The molecular weight excluding hydrogens is 523 g/mol. The molecule has 2 heterocycles. The lowest BCUT2D eigenvalue weighted by Crippen LogP contribution is -2.19. The zero-order valence-corrected chi connectivity index (χ0v) is 22.0. The van der Waals surface area contributed by atoms with Gasteiger partial charge in [0.25, 0.3) is 15.6 Å². The highest BCUT2D eigenvalue weighted by atomic mass is 32.2. The summed E-state index contributed by atoms with van der Waals surface area (Å²) in [7, 11) is -1.04. The first kappa shape index (κ1) is 25.9. The maximum atomic E-state index is 14.1. The van der Waals surface area contributed by atoms with Crippen LogP contribution in [0.4, 0.5) is 10.2 Å². The maximum absolute atomic E-state index is 14.1. The van der Waals surface area contributed by atoms with E-state index in [-0.39, 0.29) is 16.3 Å². The predicted molar refractivity (Wildman–Crippen MR) is 146 cm³/mol. The quantitative estimate of drug-likeness (QED) is 0.315. The Hall–Kier alpha value is -4.77. The second-order valence-electron chi connectivity index (χ2n) is 8.59. The third-order valence-electron chi connectivity index (χ3n) is 6.05. The Labute approximate surface area is 223 Å². The van der Waals surface area contributed by atoms with Crippen LogP contribution in [0, 0.1) is 12.7 Å². The Morgan fingerprint density at radius 2 is 1.72 bits per heavy atom. The number of hydrogen-bond acceptors (Lipinski definition) is 7. The third kappa shape index (κ3) is 5.16. The van der Waals surface area contributed by atoms with Gasteiger partial charge >= 0.3 is 0 Å². The molecule has 0 spiro atoms. The number of fused-ring (bicyclic) bond motifs is 1. The summed E-state index contributed by atoms with van der Waals surface area (Å²) in [5.41, 5.74) is 1.79. The van der Waals surface area contributed by atoms with Crippen LogP contribution in [-0.4, -0.2) is 37.2 Å². The molecule has 0 atom stereocenters. The highest BCUT2D eigenvalue weighted by Gasteiger charge is 2.18. The van der Waals surface area contributed by atoms with Gasteiger partial charge in [0.2, 0.25) is 0 Å². The molecule has 11 heteroatoms.